The van der Waals surface area contributed by atoms with Gasteiger partial charge in [0.25, 0.3) is 0 Å². The van der Waals surface area contributed by atoms with Gasteiger partial charge in [0.1, 0.15) is 8.93 Å². The first-order chi connectivity index (χ1) is 5.18. The molecule has 0 fully saturated rings. The van der Waals surface area contributed by atoms with Crippen LogP contribution in [-0.4, -0.2) is 19.8 Å². The van der Waals surface area contributed by atoms with Gasteiger partial charge in [-0.15, -0.1) is 0 Å². The van der Waals surface area contributed by atoms with Crippen LogP contribution in [0.5, 0.6) is 0 Å². The summed E-state index contributed by atoms with van der Waals surface area (Å²) in [5.74, 6) is 0. The van der Waals surface area contributed by atoms with Crippen molar-refractivity contribution in [2.24, 2.45) is 0 Å². The molecular formula is C6H17O3P2+. The molecule has 0 amide bonds. The zero-order chi connectivity index (χ0) is 8.74. The van der Waals surface area contributed by atoms with Gasteiger partial charge in [-0.2, -0.15) is 13.6 Å². The summed E-state index contributed by atoms with van der Waals surface area (Å²) < 4.78 is 16.0. The quantitative estimate of drug-likeness (QED) is 0.615. The zero-order valence-electron chi connectivity index (χ0n) is 7.37. The monoisotopic (exact) mass is 199 g/mol. The SMILES string of the molecule is CCO[P+](P)(OCC)OCC. The highest BCUT2D eigenvalue weighted by molar-refractivity contribution is 8.16. The fourth-order valence-corrected chi connectivity index (χ4v) is 3.30. The smallest absolute Gasteiger partial charge is 0.177 e. The molecule has 0 N–H and O–H groups in total. The molecule has 0 aliphatic carbocycles. The molecule has 1 unspecified atom stereocenters. The van der Waals surface area contributed by atoms with E-state index in [1.54, 1.807) is 0 Å². The molecule has 0 saturated heterocycles. The first-order valence-corrected chi connectivity index (χ1v) is 6.95. The van der Waals surface area contributed by atoms with Gasteiger partial charge in [-0.3, -0.25) is 0 Å². The Bertz CT molecular complexity index is 82.8. The molecule has 11 heavy (non-hydrogen) atoms. The first-order valence-electron chi connectivity index (χ1n) is 3.79. The Morgan fingerprint density at radius 3 is 1.36 bits per heavy atom. The molecule has 3 nitrogen and oxygen atoms in total. The Morgan fingerprint density at radius 1 is 0.909 bits per heavy atom. The van der Waals surface area contributed by atoms with Crippen LogP contribution in [-0.2, 0) is 13.6 Å². The zero-order valence-corrected chi connectivity index (χ0v) is 9.42. The lowest BCUT2D eigenvalue weighted by Crippen LogP contribution is -2.01. The number of hydrogen-bond donors (Lipinski definition) is 0. The molecule has 0 spiro atoms. The van der Waals surface area contributed by atoms with Gasteiger partial charge >= 0.3 is 7.63 Å². The fourth-order valence-electron chi connectivity index (χ4n) is 0.652. The average Bonchev–Trinajstić information content (AvgIpc) is 1.88. The van der Waals surface area contributed by atoms with Gasteiger partial charge in [0.15, 0.2) is 0 Å². The van der Waals surface area contributed by atoms with Crippen molar-refractivity contribution in [1.82, 2.24) is 0 Å². The summed E-state index contributed by atoms with van der Waals surface area (Å²) in [5.41, 5.74) is 0. The first kappa shape index (κ1) is 11.7. The van der Waals surface area contributed by atoms with Crippen molar-refractivity contribution in [3.05, 3.63) is 0 Å². The van der Waals surface area contributed by atoms with Gasteiger partial charge in [0.2, 0.25) is 0 Å². The normalized spacial score (nSPS) is 12.0. The van der Waals surface area contributed by atoms with Crippen LogP contribution in [0.3, 0.4) is 0 Å². The van der Waals surface area contributed by atoms with Crippen LogP contribution in [0.2, 0.25) is 0 Å². The third kappa shape index (κ3) is 5.05. The van der Waals surface area contributed by atoms with E-state index in [1.165, 1.54) is 0 Å². The van der Waals surface area contributed by atoms with Crippen LogP contribution < -0.4 is 0 Å². The molecule has 0 aromatic heterocycles. The largest absolute Gasteiger partial charge is 0.421 e. The van der Waals surface area contributed by atoms with Crippen LogP contribution in [0, 0.1) is 0 Å². The maximum absolute atomic E-state index is 5.34. The maximum Gasteiger partial charge on any atom is 0.421 e. The van der Waals surface area contributed by atoms with E-state index in [2.05, 4.69) is 8.93 Å². The molecule has 0 aliphatic rings. The Labute approximate surface area is 71.5 Å². The summed E-state index contributed by atoms with van der Waals surface area (Å²) in [6.07, 6.45) is 0. The van der Waals surface area contributed by atoms with Crippen molar-refractivity contribution in [2.45, 2.75) is 20.8 Å². The van der Waals surface area contributed by atoms with E-state index in [0.29, 0.717) is 19.8 Å². The second-order valence-electron chi connectivity index (χ2n) is 1.79. The van der Waals surface area contributed by atoms with Gasteiger partial charge in [-0.25, -0.2) is 0 Å². The predicted octanol–water partition coefficient (Wildman–Crippen LogP) is 2.65. The highest BCUT2D eigenvalue weighted by atomic mass is 32.1. The standard InChI is InChI=1S/C6H17O3P2/c1-4-7-11(10,8-5-2)9-6-3/h4-6,10H2,1-3H3/q+1. The Morgan fingerprint density at radius 2 is 1.18 bits per heavy atom. The lowest BCUT2D eigenvalue weighted by Gasteiger charge is -2.15. The van der Waals surface area contributed by atoms with Crippen LogP contribution in [0.4, 0.5) is 0 Å². The Balaban J connectivity index is 3.79. The van der Waals surface area contributed by atoms with Gasteiger partial charge < -0.3 is 0 Å². The van der Waals surface area contributed by atoms with Gasteiger partial charge in [-0.1, -0.05) is 0 Å². The minimum Gasteiger partial charge on any atom is -0.177 e. The third-order valence-electron chi connectivity index (χ3n) is 0.927. The Kier molecular flexibility index (Phi) is 6.70. The van der Waals surface area contributed by atoms with E-state index in [0.717, 1.165) is 0 Å². The van der Waals surface area contributed by atoms with Crippen molar-refractivity contribution in [2.75, 3.05) is 19.8 Å². The highest BCUT2D eigenvalue weighted by Gasteiger charge is 2.37. The molecule has 0 saturated carbocycles. The minimum atomic E-state index is -2.05. The van der Waals surface area contributed by atoms with E-state index >= 15 is 0 Å². The molecule has 0 aromatic carbocycles. The minimum absolute atomic E-state index is 0.622. The van der Waals surface area contributed by atoms with Gasteiger partial charge in [0.05, 0.1) is 19.8 Å². The summed E-state index contributed by atoms with van der Waals surface area (Å²) in [5, 5.41) is 0. The van der Waals surface area contributed by atoms with Crippen LogP contribution in [0.1, 0.15) is 20.8 Å². The maximum atomic E-state index is 5.34. The molecule has 1 atom stereocenters. The number of hydrogen-bond acceptors (Lipinski definition) is 3. The topological polar surface area (TPSA) is 27.7 Å². The van der Waals surface area contributed by atoms with E-state index < -0.39 is 7.63 Å². The van der Waals surface area contributed by atoms with Crippen LogP contribution in [0.25, 0.3) is 0 Å². The molecule has 0 bridgehead atoms. The fraction of sp³-hybridized carbons (Fsp3) is 1.00. The van der Waals surface area contributed by atoms with Crippen LogP contribution in [0.15, 0.2) is 0 Å². The molecule has 5 heteroatoms. The molecule has 0 radical (unpaired) electrons. The van der Waals surface area contributed by atoms with E-state index in [-0.39, 0.29) is 0 Å². The summed E-state index contributed by atoms with van der Waals surface area (Å²) in [7, 11) is 0.470. The molecule has 0 aromatic rings. The molecular weight excluding hydrogens is 182 g/mol. The van der Waals surface area contributed by atoms with Crippen molar-refractivity contribution >= 4 is 16.6 Å². The van der Waals surface area contributed by atoms with E-state index in [1.807, 2.05) is 20.8 Å². The van der Waals surface area contributed by atoms with Gasteiger partial charge in [0, 0.05) is 0 Å². The lowest BCUT2D eigenvalue weighted by atomic mass is 10.9. The lowest BCUT2D eigenvalue weighted by molar-refractivity contribution is 0.169. The summed E-state index contributed by atoms with van der Waals surface area (Å²) in [4.78, 5) is 0. The second kappa shape index (κ2) is 6.28. The Hall–Kier alpha value is 0.740. The summed E-state index contributed by atoms with van der Waals surface area (Å²) in [6.45, 7) is 7.65. The summed E-state index contributed by atoms with van der Waals surface area (Å²) in [6, 6.07) is 0. The highest BCUT2D eigenvalue weighted by Crippen LogP contribution is 2.69. The summed E-state index contributed by atoms with van der Waals surface area (Å²) >= 11 is 0. The van der Waals surface area contributed by atoms with E-state index in [9.17, 15) is 0 Å². The molecule has 0 rings (SSSR count). The molecule has 0 aliphatic heterocycles. The van der Waals surface area contributed by atoms with Crippen LogP contribution >= 0.6 is 16.6 Å². The van der Waals surface area contributed by atoms with Crippen molar-refractivity contribution in [3.8, 4) is 0 Å². The molecule has 0 heterocycles. The predicted molar refractivity (Wildman–Crippen MR) is 51.5 cm³/mol. The van der Waals surface area contributed by atoms with Gasteiger partial charge in [-0.05, 0) is 20.8 Å². The molecule has 68 valence electrons. The van der Waals surface area contributed by atoms with Crippen molar-refractivity contribution in [1.29, 1.82) is 0 Å². The number of rotatable bonds is 6. The average molecular weight is 199 g/mol. The van der Waals surface area contributed by atoms with Crippen molar-refractivity contribution < 1.29 is 13.6 Å². The van der Waals surface area contributed by atoms with Crippen molar-refractivity contribution in [3.63, 3.8) is 0 Å². The third-order valence-corrected chi connectivity index (χ3v) is 4.12. The van der Waals surface area contributed by atoms with E-state index in [4.69, 9.17) is 13.6 Å². The second-order valence-corrected chi connectivity index (χ2v) is 5.54.